The van der Waals surface area contributed by atoms with Gasteiger partial charge in [0.15, 0.2) is 0 Å². The number of hydrogen-bond donors (Lipinski definition) is 2. The van der Waals surface area contributed by atoms with Gasteiger partial charge in [0.05, 0.1) is 6.61 Å². The van der Waals surface area contributed by atoms with Crippen LogP contribution in [0.3, 0.4) is 0 Å². The fraction of sp³-hybridized carbons (Fsp3) is 0.588. The van der Waals surface area contributed by atoms with Crippen molar-refractivity contribution in [3.05, 3.63) is 34.9 Å². The molecule has 3 heteroatoms. The molecule has 0 saturated heterocycles. The quantitative estimate of drug-likeness (QED) is 0.869. The first-order valence-electron chi connectivity index (χ1n) is 7.04. The fourth-order valence-electron chi connectivity index (χ4n) is 2.00. The van der Waals surface area contributed by atoms with Crippen LogP contribution < -0.4 is 0 Å². The zero-order valence-electron chi connectivity index (χ0n) is 13.2. The Kier molecular flexibility index (Phi) is 4.98. The molecular weight excluding hydrogens is 252 g/mol. The van der Waals surface area contributed by atoms with Crippen LogP contribution in [0.5, 0.6) is 0 Å². The third kappa shape index (κ3) is 4.34. The highest BCUT2D eigenvalue weighted by molar-refractivity contribution is 5.67. The average Bonchev–Trinajstić information content (AvgIpc) is 2.35. The molecular formula is C17H26O3. The predicted molar refractivity (Wildman–Crippen MR) is 81.2 cm³/mol. The van der Waals surface area contributed by atoms with Crippen molar-refractivity contribution in [1.29, 1.82) is 0 Å². The van der Waals surface area contributed by atoms with E-state index in [-0.39, 0.29) is 23.9 Å². The first-order chi connectivity index (χ1) is 9.06. The van der Waals surface area contributed by atoms with Crippen LogP contribution in [0.15, 0.2) is 18.2 Å². The molecule has 0 radical (unpaired) electrons. The fourth-order valence-corrected chi connectivity index (χ4v) is 2.00. The molecule has 0 unspecified atom stereocenters. The molecule has 1 aromatic carbocycles. The second-order valence-corrected chi connectivity index (χ2v) is 7.10. The van der Waals surface area contributed by atoms with Crippen molar-refractivity contribution in [2.24, 2.45) is 0 Å². The minimum atomic E-state index is -0.783. The van der Waals surface area contributed by atoms with Crippen molar-refractivity contribution in [2.45, 2.75) is 58.3 Å². The van der Waals surface area contributed by atoms with Gasteiger partial charge in [-0.3, -0.25) is 4.79 Å². The highest BCUT2D eigenvalue weighted by atomic mass is 16.4. The van der Waals surface area contributed by atoms with E-state index >= 15 is 0 Å². The van der Waals surface area contributed by atoms with E-state index in [1.807, 2.05) is 19.9 Å². The Balaban J connectivity index is 3.25. The van der Waals surface area contributed by atoms with Crippen LogP contribution in [0.25, 0.3) is 0 Å². The third-order valence-electron chi connectivity index (χ3n) is 3.66. The molecule has 0 aromatic heterocycles. The predicted octanol–water partition coefficient (Wildman–Crippen LogP) is 3.27. The SMILES string of the molecule is CC(C)(C)c1cc(CCC(=O)O)cc(C(C)(C)CO)c1. The normalized spacial score (nSPS) is 12.5. The smallest absolute Gasteiger partial charge is 0.303 e. The van der Waals surface area contributed by atoms with Gasteiger partial charge in [0.2, 0.25) is 0 Å². The van der Waals surface area contributed by atoms with E-state index < -0.39 is 5.97 Å². The molecule has 0 aliphatic carbocycles. The number of benzene rings is 1. The number of rotatable bonds is 5. The van der Waals surface area contributed by atoms with E-state index in [0.717, 1.165) is 11.1 Å². The topological polar surface area (TPSA) is 57.5 Å². The van der Waals surface area contributed by atoms with Crippen LogP contribution in [0.2, 0.25) is 0 Å². The van der Waals surface area contributed by atoms with Gasteiger partial charge in [0.25, 0.3) is 0 Å². The highest BCUT2D eigenvalue weighted by Crippen LogP contribution is 2.30. The summed E-state index contributed by atoms with van der Waals surface area (Å²) >= 11 is 0. The molecule has 0 bridgehead atoms. The molecule has 3 nitrogen and oxygen atoms in total. The lowest BCUT2D eigenvalue weighted by Crippen LogP contribution is -2.24. The summed E-state index contributed by atoms with van der Waals surface area (Å²) in [5, 5.41) is 18.4. The molecule has 1 rings (SSSR count). The Morgan fingerprint density at radius 1 is 1.05 bits per heavy atom. The average molecular weight is 278 g/mol. The molecule has 0 atom stereocenters. The van der Waals surface area contributed by atoms with Gasteiger partial charge in [-0.1, -0.05) is 52.8 Å². The van der Waals surface area contributed by atoms with E-state index in [1.165, 1.54) is 5.56 Å². The number of hydrogen-bond acceptors (Lipinski definition) is 2. The van der Waals surface area contributed by atoms with Gasteiger partial charge in [-0.05, 0) is 28.5 Å². The Morgan fingerprint density at radius 3 is 2.05 bits per heavy atom. The largest absolute Gasteiger partial charge is 0.481 e. The van der Waals surface area contributed by atoms with E-state index in [0.29, 0.717) is 6.42 Å². The Morgan fingerprint density at radius 2 is 1.60 bits per heavy atom. The summed E-state index contributed by atoms with van der Waals surface area (Å²) in [5.74, 6) is -0.783. The maximum absolute atomic E-state index is 10.8. The summed E-state index contributed by atoms with van der Waals surface area (Å²) in [6.45, 7) is 10.5. The second kappa shape index (κ2) is 5.96. The first-order valence-corrected chi connectivity index (χ1v) is 7.04. The highest BCUT2D eigenvalue weighted by Gasteiger charge is 2.23. The van der Waals surface area contributed by atoms with Crippen molar-refractivity contribution < 1.29 is 15.0 Å². The van der Waals surface area contributed by atoms with Gasteiger partial charge in [-0.25, -0.2) is 0 Å². The summed E-state index contributed by atoms with van der Waals surface area (Å²) in [6.07, 6.45) is 0.653. The number of aliphatic hydroxyl groups excluding tert-OH is 1. The maximum atomic E-state index is 10.8. The number of aliphatic hydroxyl groups is 1. The van der Waals surface area contributed by atoms with Gasteiger partial charge < -0.3 is 10.2 Å². The van der Waals surface area contributed by atoms with E-state index in [1.54, 1.807) is 0 Å². The molecule has 0 amide bonds. The van der Waals surface area contributed by atoms with Crippen molar-refractivity contribution in [2.75, 3.05) is 6.61 Å². The molecule has 112 valence electrons. The van der Waals surface area contributed by atoms with Crippen molar-refractivity contribution in [3.8, 4) is 0 Å². The van der Waals surface area contributed by atoms with Gasteiger partial charge >= 0.3 is 5.97 Å². The lowest BCUT2D eigenvalue weighted by molar-refractivity contribution is -0.136. The number of aryl methyl sites for hydroxylation is 1. The maximum Gasteiger partial charge on any atom is 0.303 e. The standard InChI is InChI=1S/C17H26O3/c1-16(2,3)13-8-12(6-7-15(19)20)9-14(10-13)17(4,5)11-18/h8-10,18H,6-7,11H2,1-5H3,(H,19,20). The van der Waals surface area contributed by atoms with Crippen LogP contribution in [0.1, 0.15) is 57.7 Å². The first kappa shape index (κ1) is 16.7. The summed E-state index contributed by atoms with van der Waals surface area (Å²) in [7, 11) is 0. The van der Waals surface area contributed by atoms with Gasteiger partial charge in [0.1, 0.15) is 0 Å². The number of carbonyl (C=O) groups is 1. The van der Waals surface area contributed by atoms with Crippen LogP contribution in [-0.4, -0.2) is 22.8 Å². The van der Waals surface area contributed by atoms with Crippen molar-refractivity contribution in [1.82, 2.24) is 0 Å². The molecule has 0 aliphatic heterocycles. The van der Waals surface area contributed by atoms with Gasteiger partial charge in [-0.15, -0.1) is 0 Å². The summed E-state index contributed by atoms with van der Waals surface area (Å²) < 4.78 is 0. The Bertz CT molecular complexity index is 481. The summed E-state index contributed by atoms with van der Waals surface area (Å²) in [5.41, 5.74) is 2.94. The van der Waals surface area contributed by atoms with Crippen LogP contribution in [-0.2, 0) is 22.0 Å². The molecule has 0 heterocycles. The number of carboxylic acid groups (broad SMARTS) is 1. The lowest BCUT2D eigenvalue weighted by atomic mass is 9.78. The van der Waals surface area contributed by atoms with Gasteiger partial charge in [0, 0.05) is 11.8 Å². The number of carboxylic acids is 1. The Hall–Kier alpha value is -1.35. The molecule has 20 heavy (non-hydrogen) atoms. The minimum Gasteiger partial charge on any atom is -0.481 e. The summed E-state index contributed by atoms with van der Waals surface area (Å²) in [6, 6.07) is 6.23. The monoisotopic (exact) mass is 278 g/mol. The molecule has 0 spiro atoms. The lowest BCUT2D eigenvalue weighted by Gasteiger charge is -2.27. The van der Waals surface area contributed by atoms with Crippen molar-refractivity contribution in [3.63, 3.8) is 0 Å². The van der Waals surface area contributed by atoms with E-state index in [2.05, 4.69) is 32.9 Å². The molecule has 1 aromatic rings. The van der Waals surface area contributed by atoms with Gasteiger partial charge in [-0.2, -0.15) is 0 Å². The molecule has 0 aliphatic rings. The van der Waals surface area contributed by atoms with E-state index in [9.17, 15) is 9.90 Å². The second-order valence-electron chi connectivity index (χ2n) is 7.10. The summed E-state index contributed by atoms with van der Waals surface area (Å²) in [4.78, 5) is 10.8. The zero-order valence-corrected chi connectivity index (χ0v) is 13.2. The molecule has 0 fully saturated rings. The van der Waals surface area contributed by atoms with Crippen LogP contribution >= 0.6 is 0 Å². The Labute approximate surface area is 121 Å². The number of aliphatic carboxylic acids is 1. The zero-order chi connectivity index (χ0) is 15.6. The van der Waals surface area contributed by atoms with E-state index in [4.69, 9.17) is 5.11 Å². The molecule has 2 N–H and O–H groups in total. The van der Waals surface area contributed by atoms with Crippen LogP contribution in [0, 0.1) is 0 Å². The van der Waals surface area contributed by atoms with Crippen molar-refractivity contribution >= 4 is 5.97 Å². The third-order valence-corrected chi connectivity index (χ3v) is 3.66. The minimum absolute atomic E-state index is 0.000477. The molecule has 0 saturated carbocycles. The van der Waals surface area contributed by atoms with Crippen LogP contribution in [0.4, 0.5) is 0 Å².